The highest BCUT2D eigenvalue weighted by Gasteiger charge is 2.18. The summed E-state index contributed by atoms with van der Waals surface area (Å²) in [5.74, 6) is -1.66. The van der Waals surface area contributed by atoms with E-state index in [1.165, 1.54) is 6.21 Å². The average molecular weight is 601 g/mol. The number of hydrazone groups is 1. The Labute approximate surface area is 260 Å². The Bertz CT molecular complexity index is 1830. The van der Waals surface area contributed by atoms with E-state index in [1.807, 2.05) is 86.6 Å². The van der Waals surface area contributed by atoms with Crippen LogP contribution in [0.25, 0.3) is 16.9 Å². The summed E-state index contributed by atoms with van der Waals surface area (Å²) < 4.78 is 7.41. The third-order valence-corrected chi connectivity index (χ3v) is 6.64. The van der Waals surface area contributed by atoms with Gasteiger partial charge in [0.05, 0.1) is 29.8 Å². The van der Waals surface area contributed by atoms with Crippen molar-refractivity contribution in [1.82, 2.24) is 15.2 Å². The van der Waals surface area contributed by atoms with Crippen LogP contribution in [0.2, 0.25) is 0 Å². The molecule has 0 aliphatic carbocycles. The van der Waals surface area contributed by atoms with Crippen molar-refractivity contribution in [3.05, 3.63) is 126 Å². The van der Waals surface area contributed by atoms with Gasteiger partial charge in [0.25, 0.3) is 5.91 Å². The zero-order valence-electron chi connectivity index (χ0n) is 24.9. The zero-order valence-corrected chi connectivity index (χ0v) is 24.9. The number of amides is 3. The quantitative estimate of drug-likeness (QED) is 0.103. The van der Waals surface area contributed by atoms with E-state index in [4.69, 9.17) is 9.84 Å². The molecule has 5 rings (SSSR count). The van der Waals surface area contributed by atoms with Crippen LogP contribution in [0.3, 0.4) is 0 Å². The van der Waals surface area contributed by atoms with Gasteiger partial charge in [0.15, 0.2) is 0 Å². The average Bonchev–Trinajstić information content (AvgIpc) is 3.48. The second kappa shape index (κ2) is 14.4. The number of benzene rings is 4. The normalized spacial score (nSPS) is 10.8. The van der Waals surface area contributed by atoms with Gasteiger partial charge in [-0.2, -0.15) is 10.2 Å². The van der Waals surface area contributed by atoms with Gasteiger partial charge in [-0.15, -0.1) is 0 Å². The number of rotatable bonds is 10. The molecule has 0 bridgehead atoms. The molecule has 0 saturated heterocycles. The molecule has 0 saturated carbocycles. The molecule has 45 heavy (non-hydrogen) atoms. The Morgan fingerprint density at radius 2 is 1.62 bits per heavy atom. The standard InChI is InChI=1S/C35H32N6O4/c1-3-20-45-29-18-16-25(17-19-29)32-26(23-41(40-32)28-12-5-4-6-13-28)22-36-39-35(44)34(43)38-31-15-8-7-14-30(31)33(42)37-27-11-9-10-24(2)21-27/h4-19,21-23H,3,20H2,1-2H3,(H,37,42)(H,38,43)(H,39,44). The summed E-state index contributed by atoms with van der Waals surface area (Å²) in [6.07, 6.45) is 4.12. The Morgan fingerprint density at radius 3 is 2.38 bits per heavy atom. The molecule has 10 nitrogen and oxygen atoms in total. The first-order valence-electron chi connectivity index (χ1n) is 14.4. The fourth-order valence-corrected chi connectivity index (χ4v) is 4.45. The molecule has 0 aliphatic heterocycles. The molecule has 226 valence electrons. The van der Waals surface area contributed by atoms with Gasteiger partial charge in [-0.3, -0.25) is 14.4 Å². The van der Waals surface area contributed by atoms with Gasteiger partial charge in [0.2, 0.25) is 0 Å². The maximum Gasteiger partial charge on any atom is 0.329 e. The zero-order chi connectivity index (χ0) is 31.6. The van der Waals surface area contributed by atoms with Gasteiger partial charge < -0.3 is 15.4 Å². The first kappa shape index (κ1) is 30.4. The van der Waals surface area contributed by atoms with Gasteiger partial charge in [0.1, 0.15) is 11.4 Å². The highest BCUT2D eigenvalue weighted by atomic mass is 16.5. The SMILES string of the molecule is CCCOc1ccc(-c2nn(-c3ccccc3)cc2C=NNC(=O)C(=O)Nc2ccccc2C(=O)Nc2cccc(C)c2)cc1. The molecule has 4 aromatic carbocycles. The van der Waals surface area contributed by atoms with Crippen LogP contribution in [0.4, 0.5) is 11.4 Å². The number of hydrogen-bond acceptors (Lipinski definition) is 6. The summed E-state index contributed by atoms with van der Waals surface area (Å²) in [6.45, 7) is 4.59. The number of aromatic nitrogens is 2. The minimum absolute atomic E-state index is 0.185. The molecule has 0 aliphatic rings. The molecular formula is C35H32N6O4. The fraction of sp³-hybridized carbons (Fsp3) is 0.114. The number of aryl methyl sites for hydroxylation is 1. The fourth-order valence-electron chi connectivity index (χ4n) is 4.45. The maximum atomic E-state index is 12.9. The van der Waals surface area contributed by atoms with E-state index in [-0.39, 0.29) is 11.3 Å². The molecule has 0 spiro atoms. The lowest BCUT2D eigenvalue weighted by atomic mass is 10.1. The van der Waals surface area contributed by atoms with Crippen molar-refractivity contribution in [2.45, 2.75) is 20.3 Å². The lowest BCUT2D eigenvalue weighted by Gasteiger charge is -2.11. The van der Waals surface area contributed by atoms with Gasteiger partial charge in [-0.1, -0.05) is 49.4 Å². The Kier molecular flexibility index (Phi) is 9.76. The van der Waals surface area contributed by atoms with E-state index >= 15 is 0 Å². The highest BCUT2D eigenvalue weighted by molar-refractivity contribution is 6.40. The smallest absolute Gasteiger partial charge is 0.329 e. The van der Waals surface area contributed by atoms with Crippen molar-refractivity contribution >= 4 is 35.3 Å². The Balaban J connectivity index is 1.29. The second-order valence-electron chi connectivity index (χ2n) is 10.1. The predicted molar refractivity (Wildman–Crippen MR) is 175 cm³/mol. The summed E-state index contributed by atoms with van der Waals surface area (Å²) in [6, 6.07) is 30.9. The minimum Gasteiger partial charge on any atom is -0.494 e. The summed E-state index contributed by atoms with van der Waals surface area (Å²) in [7, 11) is 0. The molecule has 0 radical (unpaired) electrons. The van der Waals surface area contributed by atoms with Crippen LogP contribution < -0.4 is 20.8 Å². The largest absolute Gasteiger partial charge is 0.494 e. The molecule has 3 amide bonds. The monoisotopic (exact) mass is 600 g/mol. The number of anilines is 2. The van der Waals surface area contributed by atoms with Crippen LogP contribution in [0, 0.1) is 6.92 Å². The second-order valence-corrected chi connectivity index (χ2v) is 10.1. The van der Waals surface area contributed by atoms with Gasteiger partial charge in [0, 0.05) is 23.0 Å². The topological polar surface area (TPSA) is 127 Å². The van der Waals surface area contributed by atoms with E-state index in [2.05, 4.69) is 21.2 Å². The molecule has 3 N–H and O–H groups in total. The van der Waals surface area contributed by atoms with Crippen molar-refractivity contribution in [2.24, 2.45) is 5.10 Å². The molecule has 0 fully saturated rings. The number of nitrogens with one attached hydrogen (secondary N) is 3. The predicted octanol–water partition coefficient (Wildman–Crippen LogP) is 5.98. The lowest BCUT2D eigenvalue weighted by Crippen LogP contribution is -2.33. The van der Waals surface area contributed by atoms with Crippen LogP contribution in [0.1, 0.15) is 34.8 Å². The molecule has 5 aromatic rings. The summed E-state index contributed by atoms with van der Waals surface area (Å²) in [4.78, 5) is 38.4. The highest BCUT2D eigenvalue weighted by Crippen LogP contribution is 2.25. The van der Waals surface area contributed by atoms with Crippen molar-refractivity contribution in [3.63, 3.8) is 0 Å². The summed E-state index contributed by atoms with van der Waals surface area (Å²) >= 11 is 0. The minimum atomic E-state index is -1.01. The van der Waals surface area contributed by atoms with E-state index in [0.29, 0.717) is 23.6 Å². The first-order valence-corrected chi connectivity index (χ1v) is 14.4. The third kappa shape index (κ3) is 7.88. The van der Waals surface area contributed by atoms with E-state index in [0.717, 1.165) is 29.0 Å². The van der Waals surface area contributed by atoms with Crippen LogP contribution in [0.15, 0.2) is 114 Å². The molecule has 0 unspecified atom stereocenters. The molecule has 10 heteroatoms. The first-order chi connectivity index (χ1) is 21.9. The van der Waals surface area contributed by atoms with Gasteiger partial charge in [-0.05, 0) is 79.6 Å². The Hall–Kier alpha value is -6.03. The lowest BCUT2D eigenvalue weighted by molar-refractivity contribution is -0.136. The number of para-hydroxylation sites is 2. The van der Waals surface area contributed by atoms with E-state index in [1.54, 1.807) is 41.2 Å². The van der Waals surface area contributed by atoms with Crippen molar-refractivity contribution in [2.75, 3.05) is 17.2 Å². The molecule has 0 atom stereocenters. The van der Waals surface area contributed by atoms with Gasteiger partial charge >= 0.3 is 11.8 Å². The van der Waals surface area contributed by atoms with Crippen LogP contribution in [-0.2, 0) is 9.59 Å². The van der Waals surface area contributed by atoms with Crippen LogP contribution in [-0.4, -0.2) is 40.3 Å². The number of nitrogens with zero attached hydrogens (tertiary/aromatic N) is 3. The van der Waals surface area contributed by atoms with Crippen molar-refractivity contribution < 1.29 is 19.1 Å². The van der Waals surface area contributed by atoms with Crippen LogP contribution in [0.5, 0.6) is 5.75 Å². The maximum absolute atomic E-state index is 12.9. The summed E-state index contributed by atoms with van der Waals surface area (Å²) in [5.41, 5.74) is 7.15. The van der Waals surface area contributed by atoms with Gasteiger partial charge in [-0.25, -0.2) is 10.1 Å². The number of ether oxygens (including phenoxy) is 1. The van der Waals surface area contributed by atoms with E-state index in [9.17, 15) is 14.4 Å². The van der Waals surface area contributed by atoms with Crippen LogP contribution >= 0.6 is 0 Å². The number of carbonyl (C=O) groups is 3. The van der Waals surface area contributed by atoms with Crippen molar-refractivity contribution in [3.8, 4) is 22.7 Å². The third-order valence-electron chi connectivity index (χ3n) is 6.64. The number of hydrogen-bond donors (Lipinski definition) is 3. The summed E-state index contributed by atoms with van der Waals surface area (Å²) in [5, 5.41) is 14.1. The van der Waals surface area contributed by atoms with E-state index < -0.39 is 17.7 Å². The number of carbonyl (C=O) groups excluding carboxylic acids is 3. The Morgan fingerprint density at radius 1 is 0.867 bits per heavy atom. The molecular weight excluding hydrogens is 568 g/mol. The van der Waals surface area contributed by atoms with Crippen molar-refractivity contribution in [1.29, 1.82) is 0 Å². The molecule has 1 aromatic heterocycles. The molecule has 1 heterocycles.